The summed E-state index contributed by atoms with van der Waals surface area (Å²) in [5.74, 6) is -0.138. The molecule has 0 aromatic heterocycles. The lowest BCUT2D eigenvalue weighted by atomic mass is 9.79. The topological polar surface area (TPSA) is 38.8 Å². The van der Waals surface area contributed by atoms with Crippen LogP contribution in [0.5, 0.6) is 0 Å². The van der Waals surface area contributed by atoms with Gasteiger partial charge in [-0.05, 0) is 51.4 Å². The van der Waals surface area contributed by atoms with Gasteiger partial charge in [-0.15, -0.1) is 11.6 Å². The van der Waals surface area contributed by atoms with Crippen LogP contribution < -0.4 is 0 Å². The van der Waals surface area contributed by atoms with Crippen molar-refractivity contribution in [2.45, 2.75) is 122 Å². The maximum Gasteiger partial charge on any atom is 0.305 e. The largest absolute Gasteiger partial charge is 0.469 e. The highest BCUT2D eigenvalue weighted by molar-refractivity contribution is 6.21. The van der Waals surface area contributed by atoms with Crippen molar-refractivity contribution in [3.8, 4) is 0 Å². The van der Waals surface area contributed by atoms with Crippen molar-refractivity contribution < 1.29 is 14.3 Å². The van der Waals surface area contributed by atoms with Gasteiger partial charge in [-0.3, -0.25) is 9.69 Å². The molecule has 1 heterocycles. The van der Waals surface area contributed by atoms with Gasteiger partial charge < -0.3 is 9.47 Å². The molecule has 3 atom stereocenters. The number of hydrogen-bond donors (Lipinski definition) is 0. The van der Waals surface area contributed by atoms with Gasteiger partial charge in [-0.1, -0.05) is 71.3 Å². The summed E-state index contributed by atoms with van der Waals surface area (Å²) < 4.78 is 11.3. The lowest BCUT2D eigenvalue weighted by molar-refractivity contribution is -0.140. The zero-order valence-electron chi connectivity index (χ0n) is 22.4. The Hall–Kier alpha value is -0.840. The third kappa shape index (κ3) is 11.4. The molecule has 0 radical (unpaired) electrons. The van der Waals surface area contributed by atoms with E-state index in [1.807, 2.05) is 0 Å². The highest BCUT2D eigenvalue weighted by Crippen LogP contribution is 2.35. The lowest BCUT2D eigenvalue weighted by Crippen LogP contribution is -2.42. The Kier molecular flexibility index (Phi) is 13.9. The highest BCUT2D eigenvalue weighted by Gasteiger charge is 2.35. The van der Waals surface area contributed by atoms with Crippen molar-refractivity contribution >= 4 is 17.6 Å². The van der Waals surface area contributed by atoms with Gasteiger partial charge in [-0.25, -0.2) is 0 Å². The molecule has 33 heavy (non-hydrogen) atoms. The molecule has 1 fully saturated rings. The normalized spacial score (nSPS) is 21.3. The van der Waals surface area contributed by atoms with Crippen molar-refractivity contribution in [2.75, 3.05) is 20.2 Å². The number of carbonyl (C=O) groups is 1. The molecule has 0 aliphatic carbocycles. The minimum Gasteiger partial charge on any atom is -0.469 e. The van der Waals surface area contributed by atoms with Gasteiger partial charge in [0.25, 0.3) is 0 Å². The molecule has 0 aromatic carbocycles. The van der Waals surface area contributed by atoms with Crippen LogP contribution in [0.3, 0.4) is 0 Å². The molecular weight excluding hydrogens is 434 g/mol. The summed E-state index contributed by atoms with van der Waals surface area (Å²) in [7, 11) is 1.44. The van der Waals surface area contributed by atoms with Crippen molar-refractivity contribution in [1.82, 2.24) is 4.90 Å². The number of likely N-dealkylation sites (tertiary alicyclic amines) is 1. The van der Waals surface area contributed by atoms with Crippen molar-refractivity contribution in [1.29, 1.82) is 0 Å². The Morgan fingerprint density at radius 3 is 2.48 bits per heavy atom. The Labute approximate surface area is 209 Å². The Morgan fingerprint density at radius 1 is 1.12 bits per heavy atom. The first-order valence-corrected chi connectivity index (χ1v) is 13.4. The van der Waals surface area contributed by atoms with Gasteiger partial charge in [-0.2, -0.15) is 0 Å². The maximum atomic E-state index is 11.2. The van der Waals surface area contributed by atoms with Crippen LogP contribution in [0.1, 0.15) is 99.3 Å². The van der Waals surface area contributed by atoms with Crippen LogP contribution in [0.25, 0.3) is 0 Å². The van der Waals surface area contributed by atoms with Crippen LogP contribution in [-0.2, 0) is 14.3 Å². The van der Waals surface area contributed by atoms with E-state index in [4.69, 9.17) is 16.3 Å². The second-order valence-electron chi connectivity index (χ2n) is 10.9. The summed E-state index contributed by atoms with van der Waals surface area (Å²) in [6.07, 6.45) is 18.0. The summed E-state index contributed by atoms with van der Waals surface area (Å²) in [5, 5.41) is 0.189. The number of unbranched alkanes of at least 4 members (excludes halogenated alkanes) is 3. The third-order valence-corrected chi connectivity index (χ3v) is 7.65. The molecule has 5 heteroatoms. The monoisotopic (exact) mass is 483 g/mol. The zero-order valence-corrected chi connectivity index (χ0v) is 23.1. The van der Waals surface area contributed by atoms with E-state index in [9.17, 15) is 4.79 Å². The van der Waals surface area contributed by atoms with E-state index in [1.165, 1.54) is 26.4 Å². The van der Waals surface area contributed by atoms with E-state index in [1.54, 1.807) is 0 Å². The highest BCUT2D eigenvalue weighted by atomic mass is 35.5. The predicted molar refractivity (Wildman–Crippen MR) is 141 cm³/mol. The van der Waals surface area contributed by atoms with Crippen molar-refractivity contribution in [3.63, 3.8) is 0 Å². The first-order valence-electron chi connectivity index (χ1n) is 13.0. The third-order valence-electron chi connectivity index (χ3n) is 7.14. The molecule has 0 amide bonds. The lowest BCUT2D eigenvalue weighted by Gasteiger charge is -2.41. The van der Waals surface area contributed by atoms with Gasteiger partial charge in [0.15, 0.2) is 0 Å². The Morgan fingerprint density at radius 2 is 1.85 bits per heavy atom. The average molecular weight is 484 g/mol. The molecule has 1 saturated heterocycles. The van der Waals surface area contributed by atoms with Crippen molar-refractivity contribution in [3.05, 3.63) is 24.3 Å². The van der Waals surface area contributed by atoms with Crippen LogP contribution >= 0.6 is 11.6 Å². The number of alkyl halides is 1. The minimum absolute atomic E-state index is 0.0823. The quantitative estimate of drug-likeness (QED) is 0.106. The number of esters is 1. The van der Waals surface area contributed by atoms with E-state index in [0.29, 0.717) is 12.5 Å². The molecule has 1 rings (SSSR count). The smallest absolute Gasteiger partial charge is 0.305 e. The van der Waals surface area contributed by atoms with E-state index in [-0.39, 0.29) is 28.5 Å². The molecular formula is C28H50ClNO3. The number of ether oxygens (including phenoxy) is 2. The first-order chi connectivity index (χ1) is 15.5. The molecule has 1 aliphatic heterocycles. The molecule has 0 N–H and O–H groups in total. The van der Waals surface area contributed by atoms with Crippen LogP contribution in [0.4, 0.5) is 0 Å². The molecule has 192 valence electrons. The number of carbonyl (C=O) groups excluding carboxylic acids is 1. The first kappa shape index (κ1) is 30.2. The SMILES string of the molecule is CCCCCC(/C=C/CN1CC[C@@H](Cl)C1C/C=C\CCCC(=O)OC)OC(C)(C)C(C)(C)C. The van der Waals surface area contributed by atoms with Crippen LogP contribution in [0, 0.1) is 5.41 Å². The van der Waals surface area contributed by atoms with Crippen LogP contribution in [0.15, 0.2) is 24.3 Å². The second kappa shape index (κ2) is 15.2. The van der Waals surface area contributed by atoms with Gasteiger partial charge in [0, 0.05) is 25.6 Å². The summed E-state index contributed by atoms with van der Waals surface area (Å²) in [6, 6.07) is 0.360. The van der Waals surface area contributed by atoms with Gasteiger partial charge in [0.2, 0.25) is 0 Å². The number of rotatable bonds is 15. The fourth-order valence-corrected chi connectivity index (χ4v) is 4.27. The predicted octanol–water partition coefficient (Wildman–Crippen LogP) is 7.30. The fraction of sp³-hybridized carbons (Fsp3) is 0.821. The molecule has 2 unspecified atom stereocenters. The summed E-state index contributed by atoms with van der Waals surface area (Å²) in [4.78, 5) is 13.7. The number of allylic oxidation sites excluding steroid dienone is 1. The number of nitrogens with zero attached hydrogens (tertiary/aromatic N) is 1. The Balaban J connectivity index is 2.62. The molecule has 0 aromatic rings. The van der Waals surface area contributed by atoms with Crippen molar-refractivity contribution in [2.24, 2.45) is 5.41 Å². The summed E-state index contributed by atoms with van der Waals surface area (Å²) in [6.45, 7) is 15.4. The Bertz CT molecular complexity index is 609. The fourth-order valence-electron chi connectivity index (χ4n) is 3.91. The van der Waals surface area contributed by atoms with E-state index >= 15 is 0 Å². The molecule has 0 bridgehead atoms. The maximum absolute atomic E-state index is 11.2. The van der Waals surface area contributed by atoms with Gasteiger partial charge >= 0.3 is 5.97 Å². The summed E-state index contributed by atoms with van der Waals surface area (Å²) in [5.41, 5.74) is -0.108. The number of methoxy groups -OCH3 is 1. The molecule has 0 spiro atoms. The van der Waals surface area contributed by atoms with Crippen LogP contribution in [-0.4, -0.2) is 54.2 Å². The van der Waals surface area contributed by atoms with Gasteiger partial charge in [0.1, 0.15) is 0 Å². The number of halogens is 1. The van der Waals surface area contributed by atoms with Crippen LogP contribution in [0.2, 0.25) is 0 Å². The molecule has 4 nitrogen and oxygen atoms in total. The molecule has 0 saturated carbocycles. The van der Waals surface area contributed by atoms with E-state index < -0.39 is 0 Å². The standard InChI is InChI=1S/C28H50ClNO3/c1-8-9-12-16-23(33-28(5,6)27(2,3)4)17-15-21-30-22-20-24(29)25(30)18-13-10-11-14-19-26(31)32-7/h10,13,15,17,23-25H,8-9,11-12,14,16,18-22H2,1-7H3/b13-10-,17-15+/t23?,24-,25?/m1/s1. The molecule has 1 aliphatic rings. The zero-order chi connectivity index (χ0) is 24.9. The van der Waals surface area contributed by atoms with Gasteiger partial charge in [0.05, 0.1) is 24.2 Å². The minimum atomic E-state index is -0.190. The number of hydrogen-bond acceptors (Lipinski definition) is 4. The van der Waals surface area contributed by atoms with E-state index in [0.717, 1.165) is 45.2 Å². The average Bonchev–Trinajstić information content (AvgIpc) is 3.08. The summed E-state index contributed by atoms with van der Waals surface area (Å²) >= 11 is 6.65. The van der Waals surface area contributed by atoms with E-state index in [2.05, 4.69) is 75.5 Å². The second-order valence-corrected chi connectivity index (χ2v) is 11.4.